The van der Waals surface area contributed by atoms with E-state index in [1.54, 1.807) is 0 Å². The van der Waals surface area contributed by atoms with Crippen LogP contribution >= 0.6 is 8.25 Å². The van der Waals surface area contributed by atoms with E-state index in [0.717, 1.165) is 38.2 Å². The van der Waals surface area contributed by atoms with Gasteiger partial charge in [-0.25, -0.2) is 10.1 Å². The van der Waals surface area contributed by atoms with E-state index in [0.29, 0.717) is 12.0 Å². The van der Waals surface area contributed by atoms with E-state index in [2.05, 4.69) is 68.9 Å². The SMILES string of the molecule is O=[P+]([O-])OO.[C-]#[N+]c1ccc2c(c1)c(C(CCNCCCN)c1cccc(C)c1)cn2C1CCCCC1.[HH]. The molecule has 4 rings (SSSR count). The Labute approximate surface area is 221 Å². The molecular formula is C28H39N4O4P. The summed E-state index contributed by atoms with van der Waals surface area (Å²) in [7, 11) is -3.04. The van der Waals surface area contributed by atoms with E-state index in [1.165, 1.54) is 59.7 Å². The Balaban J connectivity index is 0.000000774. The highest BCUT2D eigenvalue weighted by Gasteiger charge is 2.24. The lowest BCUT2D eigenvalue weighted by Crippen LogP contribution is -2.21. The van der Waals surface area contributed by atoms with Crippen LogP contribution in [0.25, 0.3) is 15.7 Å². The van der Waals surface area contributed by atoms with E-state index in [9.17, 15) is 0 Å². The van der Waals surface area contributed by atoms with Crippen molar-refractivity contribution in [3.63, 3.8) is 0 Å². The molecule has 2 atom stereocenters. The molecule has 0 aliphatic heterocycles. The number of nitrogens with one attached hydrogen (secondary N) is 1. The molecular weight excluding hydrogens is 487 g/mol. The van der Waals surface area contributed by atoms with Crippen LogP contribution in [0.2, 0.25) is 0 Å². The van der Waals surface area contributed by atoms with E-state index in [-0.39, 0.29) is 1.43 Å². The molecule has 0 bridgehead atoms. The summed E-state index contributed by atoms with van der Waals surface area (Å²) in [5, 5.41) is 11.9. The van der Waals surface area contributed by atoms with Crippen LogP contribution in [0.4, 0.5) is 5.69 Å². The number of nitrogens with zero attached hydrogens (tertiary/aromatic N) is 2. The van der Waals surface area contributed by atoms with E-state index in [4.69, 9.17) is 27.0 Å². The summed E-state index contributed by atoms with van der Waals surface area (Å²) in [5.41, 5.74) is 11.7. The van der Waals surface area contributed by atoms with Gasteiger partial charge < -0.3 is 20.5 Å². The predicted octanol–water partition coefficient (Wildman–Crippen LogP) is 6.21. The highest BCUT2D eigenvalue weighted by atomic mass is 31.1. The first-order valence-electron chi connectivity index (χ1n) is 12.9. The molecule has 1 heterocycles. The Kier molecular flexibility index (Phi) is 11.7. The zero-order valence-corrected chi connectivity index (χ0v) is 22.3. The van der Waals surface area contributed by atoms with Gasteiger partial charge in [-0.05, 0) is 85.5 Å². The van der Waals surface area contributed by atoms with Gasteiger partial charge in [0, 0.05) is 29.8 Å². The van der Waals surface area contributed by atoms with Gasteiger partial charge in [-0.15, -0.1) is 0 Å². The molecule has 1 aromatic heterocycles. The molecule has 4 N–H and O–H groups in total. The van der Waals surface area contributed by atoms with E-state index < -0.39 is 8.25 Å². The largest absolute Gasteiger partial charge is 0.565 e. The number of rotatable bonds is 10. The second-order valence-corrected chi connectivity index (χ2v) is 10.2. The van der Waals surface area contributed by atoms with Crippen molar-refractivity contribution < 1.29 is 20.8 Å². The van der Waals surface area contributed by atoms with Gasteiger partial charge in [0.05, 0.1) is 6.57 Å². The first kappa shape index (κ1) is 28.9. The summed E-state index contributed by atoms with van der Waals surface area (Å²) < 4.78 is 14.2. The molecule has 0 radical (unpaired) electrons. The van der Waals surface area contributed by atoms with Crippen molar-refractivity contribution in [3.8, 4) is 0 Å². The molecule has 1 fully saturated rings. The first-order valence-corrected chi connectivity index (χ1v) is 14.0. The molecule has 0 amide bonds. The number of hydrogen-bond donors (Lipinski definition) is 3. The molecule has 1 saturated carbocycles. The van der Waals surface area contributed by atoms with Crippen LogP contribution in [0.1, 0.15) is 75.0 Å². The molecule has 37 heavy (non-hydrogen) atoms. The quantitative estimate of drug-likeness (QED) is 0.0951. The van der Waals surface area contributed by atoms with Gasteiger partial charge in [0.25, 0.3) is 0 Å². The minimum atomic E-state index is -3.04. The maximum atomic E-state index is 8.93. The van der Waals surface area contributed by atoms with Crippen LogP contribution < -0.4 is 15.9 Å². The minimum absolute atomic E-state index is 0. The lowest BCUT2D eigenvalue weighted by molar-refractivity contribution is -0.244. The normalized spacial score (nSPS) is 15.1. The fourth-order valence-corrected chi connectivity index (χ4v) is 5.26. The molecule has 2 unspecified atom stereocenters. The standard InChI is InChI=1S/C28H36N4.HO4P.H2/c1-21-8-6-9-22(18-21)25(14-17-31-16-7-15-29)27-20-32(24-10-4-3-5-11-24)28-13-12-23(30-2)19-26(27)28;1-4-5(2)3;/h6,8-9,12-13,18-20,24-25,31H,3-5,7,10-11,14-17,29H2,1H3;1H;1H. The molecule has 0 spiro atoms. The van der Waals surface area contributed by atoms with Crippen LogP contribution in [-0.4, -0.2) is 29.5 Å². The van der Waals surface area contributed by atoms with Crippen LogP contribution in [0.15, 0.2) is 48.7 Å². The molecule has 1 aliphatic carbocycles. The van der Waals surface area contributed by atoms with Crippen molar-refractivity contribution in [1.82, 2.24) is 9.88 Å². The van der Waals surface area contributed by atoms with Gasteiger partial charge in [0.1, 0.15) is 0 Å². The average Bonchev–Trinajstić information content (AvgIpc) is 3.30. The Hall–Kier alpha value is -2.63. The fourth-order valence-electron chi connectivity index (χ4n) is 5.26. The fraction of sp³-hybridized carbons (Fsp3) is 0.464. The third-order valence-electron chi connectivity index (χ3n) is 7.00. The summed E-state index contributed by atoms with van der Waals surface area (Å²) >= 11 is 0. The van der Waals surface area contributed by atoms with Crippen LogP contribution in [0.5, 0.6) is 0 Å². The topological polar surface area (TPSA) is 117 Å². The van der Waals surface area contributed by atoms with Gasteiger partial charge in [-0.1, -0.05) is 55.2 Å². The molecule has 200 valence electrons. The number of aryl methyl sites for hydroxylation is 1. The van der Waals surface area contributed by atoms with Crippen molar-refractivity contribution in [2.24, 2.45) is 5.73 Å². The Morgan fingerprint density at radius 3 is 2.68 bits per heavy atom. The Bertz CT molecular complexity index is 1210. The molecule has 0 saturated heterocycles. The summed E-state index contributed by atoms with van der Waals surface area (Å²) in [4.78, 5) is 12.7. The Morgan fingerprint density at radius 2 is 2.03 bits per heavy atom. The van der Waals surface area contributed by atoms with E-state index >= 15 is 0 Å². The minimum Gasteiger partial charge on any atom is -0.565 e. The highest BCUT2D eigenvalue weighted by molar-refractivity contribution is 7.30. The third-order valence-corrected chi connectivity index (χ3v) is 7.13. The second-order valence-electron chi connectivity index (χ2n) is 9.55. The van der Waals surface area contributed by atoms with Crippen molar-refractivity contribution in [2.45, 2.75) is 63.8 Å². The smallest absolute Gasteiger partial charge is 0.521 e. The van der Waals surface area contributed by atoms with Crippen LogP contribution in [0, 0.1) is 13.5 Å². The molecule has 2 aromatic carbocycles. The van der Waals surface area contributed by atoms with Gasteiger partial charge >= 0.3 is 8.25 Å². The highest BCUT2D eigenvalue weighted by Crippen LogP contribution is 2.40. The summed E-state index contributed by atoms with van der Waals surface area (Å²) in [5.74, 6) is 0.300. The number of hydrogen-bond acceptors (Lipinski definition) is 6. The molecule has 1 aliphatic rings. The van der Waals surface area contributed by atoms with Crippen LogP contribution in [-0.2, 0) is 9.24 Å². The molecule has 3 aromatic rings. The number of aromatic nitrogens is 1. The number of benzene rings is 2. The maximum absolute atomic E-state index is 8.93. The Morgan fingerprint density at radius 1 is 1.27 bits per heavy atom. The zero-order valence-electron chi connectivity index (χ0n) is 21.4. The second kappa shape index (κ2) is 14.9. The first-order chi connectivity index (χ1) is 18.0. The van der Waals surface area contributed by atoms with Gasteiger partial charge in [0.2, 0.25) is 0 Å². The van der Waals surface area contributed by atoms with Crippen LogP contribution in [0.3, 0.4) is 0 Å². The zero-order chi connectivity index (χ0) is 26.6. The lowest BCUT2D eigenvalue weighted by atomic mass is 9.87. The number of fused-ring (bicyclic) bond motifs is 1. The maximum Gasteiger partial charge on any atom is 0.521 e. The van der Waals surface area contributed by atoms with Crippen molar-refractivity contribution in [2.75, 3.05) is 19.6 Å². The predicted molar refractivity (Wildman–Crippen MR) is 148 cm³/mol. The van der Waals surface area contributed by atoms with Crippen molar-refractivity contribution in [3.05, 3.63) is 76.8 Å². The summed E-state index contributed by atoms with van der Waals surface area (Å²) in [6, 6.07) is 15.8. The summed E-state index contributed by atoms with van der Waals surface area (Å²) in [6.07, 6.45) is 10.9. The molecule has 8 nitrogen and oxygen atoms in total. The van der Waals surface area contributed by atoms with Gasteiger partial charge in [0.15, 0.2) is 5.69 Å². The van der Waals surface area contributed by atoms with Crippen molar-refractivity contribution in [1.29, 1.82) is 0 Å². The lowest BCUT2D eigenvalue weighted by Gasteiger charge is -2.24. The van der Waals surface area contributed by atoms with Gasteiger partial charge in [-0.2, -0.15) is 0 Å². The van der Waals surface area contributed by atoms with E-state index in [1.807, 2.05) is 6.07 Å². The third kappa shape index (κ3) is 8.18. The monoisotopic (exact) mass is 526 g/mol. The molecule has 9 heteroatoms. The average molecular weight is 527 g/mol. The van der Waals surface area contributed by atoms with Crippen molar-refractivity contribution >= 4 is 24.8 Å². The number of nitrogens with two attached hydrogens (primary N) is 1. The summed E-state index contributed by atoms with van der Waals surface area (Å²) in [6.45, 7) is 12.4. The van der Waals surface area contributed by atoms with Gasteiger partial charge in [-0.3, -0.25) is 0 Å².